The number of carbonyl (C=O) groups excluding carboxylic acids is 1. The van der Waals surface area contributed by atoms with Crippen LogP contribution in [0.1, 0.15) is 0 Å². The number of benzene rings is 2. The maximum Gasteiger partial charge on any atom is 0.326 e. The first-order valence-electron chi connectivity index (χ1n) is 6.70. The molecular weight excluding hydrogens is 284 g/mol. The van der Waals surface area contributed by atoms with E-state index in [0.29, 0.717) is 18.8 Å². The molecule has 2 amide bonds. The van der Waals surface area contributed by atoms with E-state index in [2.05, 4.69) is 5.32 Å². The molecule has 0 spiro atoms. The van der Waals surface area contributed by atoms with Gasteiger partial charge in [0.05, 0.1) is 4.92 Å². The molecule has 7 heteroatoms. The fourth-order valence-corrected chi connectivity index (χ4v) is 1.94. The average molecular weight is 300 g/mol. The molecule has 0 heterocycles. The lowest BCUT2D eigenvalue weighted by molar-refractivity contribution is -0.384. The number of para-hydroxylation sites is 1. The second kappa shape index (κ2) is 7.19. The Labute approximate surface area is 127 Å². The van der Waals surface area contributed by atoms with Crippen LogP contribution in [0, 0.1) is 10.1 Å². The van der Waals surface area contributed by atoms with Crippen LogP contribution in [0.5, 0.6) is 0 Å². The minimum absolute atomic E-state index is 0.0279. The minimum atomic E-state index is -0.490. The zero-order chi connectivity index (χ0) is 15.9. The molecule has 2 aromatic rings. The number of nitro benzene ring substituents is 1. The fraction of sp³-hybridized carbons (Fsp3) is 0.133. The molecular formula is C15H16N4O3. The third-order valence-corrected chi connectivity index (χ3v) is 3.00. The van der Waals surface area contributed by atoms with Crippen LogP contribution >= 0.6 is 0 Å². The Morgan fingerprint density at radius 3 is 2.32 bits per heavy atom. The summed E-state index contributed by atoms with van der Waals surface area (Å²) in [6, 6.07) is 14.5. The molecule has 0 bridgehead atoms. The van der Waals surface area contributed by atoms with Crippen molar-refractivity contribution in [3.63, 3.8) is 0 Å². The van der Waals surface area contributed by atoms with Gasteiger partial charge in [-0.05, 0) is 24.3 Å². The Kier molecular flexibility index (Phi) is 5.05. The number of hydrogen-bond acceptors (Lipinski definition) is 4. The molecule has 0 aliphatic carbocycles. The van der Waals surface area contributed by atoms with E-state index in [0.717, 1.165) is 5.69 Å². The molecule has 3 N–H and O–H groups in total. The quantitative estimate of drug-likeness (QED) is 0.654. The number of hydrogen-bond donors (Lipinski definition) is 2. The van der Waals surface area contributed by atoms with E-state index in [9.17, 15) is 14.9 Å². The van der Waals surface area contributed by atoms with Crippen molar-refractivity contribution in [3.05, 3.63) is 64.7 Å². The Balaban J connectivity index is 2.12. The summed E-state index contributed by atoms with van der Waals surface area (Å²) in [5.74, 6) is 0. The highest BCUT2D eigenvalue weighted by Crippen LogP contribution is 2.18. The summed E-state index contributed by atoms with van der Waals surface area (Å²) in [7, 11) is 0. The molecule has 0 aromatic heterocycles. The first kappa shape index (κ1) is 15.5. The molecule has 2 aromatic carbocycles. The molecule has 0 fully saturated rings. The standard InChI is InChI=1S/C15H16N4O3/c16-10-11-18(13-4-2-1-3-5-13)15(20)17-12-6-8-14(9-7-12)19(21)22/h1-9H,10-11,16H2,(H,17,20). The van der Waals surface area contributed by atoms with Gasteiger partial charge in [0.1, 0.15) is 0 Å². The number of carbonyl (C=O) groups is 1. The van der Waals surface area contributed by atoms with Gasteiger partial charge in [0.15, 0.2) is 0 Å². The lowest BCUT2D eigenvalue weighted by atomic mass is 10.2. The summed E-state index contributed by atoms with van der Waals surface area (Å²) in [4.78, 5) is 24.0. The first-order valence-corrected chi connectivity index (χ1v) is 6.70. The molecule has 0 saturated carbocycles. The van der Waals surface area contributed by atoms with Gasteiger partial charge in [-0.3, -0.25) is 15.0 Å². The highest BCUT2D eigenvalue weighted by atomic mass is 16.6. The van der Waals surface area contributed by atoms with Gasteiger partial charge in [-0.2, -0.15) is 0 Å². The zero-order valence-electron chi connectivity index (χ0n) is 11.8. The number of nitrogens with zero attached hydrogens (tertiary/aromatic N) is 2. The number of amides is 2. The highest BCUT2D eigenvalue weighted by molar-refractivity contribution is 6.01. The monoisotopic (exact) mass is 300 g/mol. The third kappa shape index (κ3) is 3.80. The fourth-order valence-electron chi connectivity index (χ4n) is 1.94. The van der Waals surface area contributed by atoms with E-state index in [4.69, 9.17) is 5.73 Å². The van der Waals surface area contributed by atoms with Crippen LogP contribution in [0.15, 0.2) is 54.6 Å². The van der Waals surface area contributed by atoms with Gasteiger partial charge in [-0.15, -0.1) is 0 Å². The summed E-state index contributed by atoms with van der Waals surface area (Å²) in [6.07, 6.45) is 0. The van der Waals surface area contributed by atoms with Gasteiger partial charge in [-0.1, -0.05) is 18.2 Å². The molecule has 0 atom stereocenters. The number of nitrogens with one attached hydrogen (secondary N) is 1. The van der Waals surface area contributed by atoms with Gasteiger partial charge in [0, 0.05) is 36.6 Å². The second-order valence-electron chi connectivity index (χ2n) is 4.51. The van der Waals surface area contributed by atoms with E-state index in [1.54, 1.807) is 0 Å². The Morgan fingerprint density at radius 1 is 1.14 bits per heavy atom. The lowest BCUT2D eigenvalue weighted by Gasteiger charge is -2.22. The van der Waals surface area contributed by atoms with E-state index in [1.165, 1.54) is 29.2 Å². The van der Waals surface area contributed by atoms with Crippen molar-refractivity contribution in [1.82, 2.24) is 0 Å². The van der Waals surface area contributed by atoms with Crippen molar-refractivity contribution in [2.24, 2.45) is 5.73 Å². The van der Waals surface area contributed by atoms with Gasteiger partial charge in [-0.25, -0.2) is 4.79 Å². The summed E-state index contributed by atoms with van der Waals surface area (Å²) >= 11 is 0. The molecule has 0 radical (unpaired) electrons. The maximum atomic E-state index is 12.3. The summed E-state index contributed by atoms with van der Waals surface area (Å²) in [6.45, 7) is 0.686. The van der Waals surface area contributed by atoms with Crippen molar-refractivity contribution in [2.75, 3.05) is 23.3 Å². The van der Waals surface area contributed by atoms with Crippen LogP contribution in [0.4, 0.5) is 21.9 Å². The number of nitro groups is 1. The first-order chi connectivity index (χ1) is 10.6. The van der Waals surface area contributed by atoms with Crippen molar-refractivity contribution >= 4 is 23.1 Å². The summed E-state index contributed by atoms with van der Waals surface area (Å²) in [5.41, 5.74) is 6.74. The van der Waals surface area contributed by atoms with Crippen LogP contribution in [0.2, 0.25) is 0 Å². The Morgan fingerprint density at radius 2 is 1.77 bits per heavy atom. The molecule has 22 heavy (non-hydrogen) atoms. The normalized spacial score (nSPS) is 10.0. The van der Waals surface area contributed by atoms with Crippen LogP contribution in [-0.2, 0) is 0 Å². The number of non-ortho nitro benzene ring substituents is 1. The molecule has 0 unspecified atom stereocenters. The van der Waals surface area contributed by atoms with Gasteiger partial charge >= 0.3 is 6.03 Å². The third-order valence-electron chi connectivity index (χ3n) is 3.00. The molecule has 114 valence electrons. The van der Waals surface area contributed by atoms with E-state index >= 15 is 0 Å². The average Bonchev–Trinajstić information content (AvgIpc) is 2.53. The smallest absolute Gasteiger partial charge is 0.326 e. The lowest BCUT2D eigenvalue weighted by Crippen LogP contribution is -2.38. The van der Waals surface area contributed by atoms with Gasteiger partial charge < -0.3 is 11.1 Å². The highest BCUT2D eigenvalue weighted by Gasteiger charge is 2.15. The Hall–Kier alpha value is -2.93. The van der Waals surface area contributed by atoms with Crippen molar-refractivity contribution < 1.29 is 9.72 Å². The van der Waals surface area contributed by atoms with E-state index < -0.39 is 4.92 Å². The predicted molar refractivity (Wildman–Crippen MR) is 85.0 cm³/mol. The molecule has 0 aliphatic heterocycles. The number of anilines is 2. The van der Waals surface area contributed by atoms with E-state index in [1.807, 2.05) is 30.3 Å². The number of nitrogens with two attached hydrogens (primary N) is 1. The van der Waals surface area contributed by atoms with Crippen LogP contribution < -0.4 is 16.0 Å². The van der Waals surface area contributed by atoms with Crippen molar-refractivity contribution in [3.8, 4) is 0 Å². The van der Waals surface area contributed by atoms with E-state index in [-0.39, 0.29) is 11.7 Å². The zero-order valence-corrected chi connectivity index (χ0v) is 11.8. The number of rotatable bonds is 5. The largest absolute Gasteiger partial charge is 0.329 e. The van der Waals surface area contributed by atoms with Gasteiger partial charge in [0.2, 0.25) is 0 Å². The minimum Gasteiger partial charge on any atom is -0.329 e. The summed E-state index contributed by atoms with van der Waals surface area (Å²) in [5, 5.41) is 13.3. The second-order valence-corrected chi connectivity index (χ2v) is 4.51. The molecule has 0 aliphatic rings. The molecule has 2 rings (SSSR count). The summed E-state index contributed by atoms with van der Waals surface area (Å²) < 4.78 is 0. The van der Waals surface area contributed by atoms with Crippen LogP contribution in [-0.4, -0.2) is 24.0 Å². The molecule has 7 nitrogen and oxygen atoms in total. The maximum absolute atomic E-state index is 12.3. The molecule has 0 saturated heterocycles. The SMILES string of the molecule is NCCN(C(=O)Nc1ccc([N+](=O)[O-])cc1)c1ccccc1. The van der Waals surface area contributed by atoms with Gasteiger partial charge in [0.25, 0.3) is 5.69 Å². The van der Waals surface area contributed by atoms with Crippen LogP contribution in [0.25, 0.3) is 0 Å². The predicted octanol–water partition coefficient (Wildman–Crippen LogP) is 2.59. The van der Waals surface area contributed by atoms with Crippen molar-refractivity contribution in [1.29, 1.82) is 0 Å². The Bertz CT molecular complexity index is 644. The number of urea groups is 1. The van der Waals surface area contributed by atoms with Crippen LogP contribution in [0.3, 0.4) is 0 Å². The van der Waals surface area contributed by atoms with Crippen molar-refractivity contribution in [2.45, 2.75) is 0 Å². The topological polar surface area (TPSA) is 102 Å².